The molecule has 2 heterocycles. The molecule has 30 heavy (non-hydrogen) atoms. The molecule has 3 aromatic rings. The fraction of sp³-hybridized carbons (Fsp3) is 0.273. The minimum Gasteiger partial charge on any atom is -0.351 e. The lowest BCUT2D eigenvalue weighted by Gasteiger charge is -2.29. The maximum absolute atomic E-state index is 12.5. The Morgan fingerprint density at radius 1 is 1.07 bits per heavy atom. The van der Waals surface area contributed by atoms with E-state index in [1.54, 1.807) is 12.1 Å². The maximum Gasteiger partial charge on any atom is 0.273 e. The van der Waals surface area contributed by atoms with Crippen molar-refractivity contribution in [1.82, 2.24) is 25.2 Å². The molecular formula is C22H22ClN5O2. The molecule has 1 aliphatic rings. The topological polar surface area (TPSA) is 80.1 Å². The normalized spacial score (nSPS) is 13.0. The SMILES string of the molecule is O=C(NCCCC(=O)N1CCc2ccccc2C1)c1cn(-c2ccccc2Cl)nn1. The Balaban J connectivity index is 1.24. The first-order valence-corrected chi connectivity index (χ1v) is 10.3. The molecule has 7 nitrogen and oxygen atoms in total. The van der Waals surface area contributed by atoms with Crippen molar-refractivity contribution in [2.75, 3.05) is 13.1 Å². The van der Waals surface area contributed by atoms with E-state index >= 15 is 0 Å². The first-order chi connectivity index (χ1) is 14.6. The van der Waals surface area contributed by atoms with Gasteiger partial charge in [0.2, 0.25) is 5.91 Å². The van der Waals surface area contributed by atoms with Gasteiger partial charge in [-0.05, 0) is 36.1 Å². The maximum atomic E-state index is 12.5. The molecule has 0 saturated carbocycles. The number of carbonyl (C=O) groups is 2. The number of aromatic nitrogens is 3. The summed E-state index contributed by atoms with van der Waals surface area (Å²) in [7, 11) is 0. The van der Waals surface area contributed by atoms with Gasteiger partial charge in [-0.1, -0.05) is 53.2 Å². The minimum atomic E-state index is -0.326. The number of rotatable bonds is 6. The molecule has 1 aromatic heterocycles. The van der Waals surface area contributed by atoms with Crippen molar-refractivity contribution in [2.24, 2.45) is 0 Å². The molecule has 1 N–H and O–H groups in total. The summed E-state index contributed by atoms with van der Waals surface area (Å²) in [6.07, 6.45) is 3.39. The Bertz CT molecular complexity index is 1060. The van der Waals surface area contributed by atoms with Gasteiger partial charge in [0.15, 0.2) is 5.69 Å². The van der Waals surface area contributed by atoms with Gasteiger partial charge in [0.25, 0.3) is 5.91 Å². The number of carbonyl (C=O) groups excluding carboxylic acids is 2. The van der Waals surface area contributed by atoms with Crippen LogP contribution in [0.5, 0.6) is 0 Å². The highest BCUT2D eigenvalue weighted by Gasteiger charge is 2.20. The number of nitrogens with zero attached hydrogens (tertiary/aromatic N) is 4. The molecule has 0 radical (unpaired) electrons. The number of hydrogen-bond donors (Lipinski definition) is 1. The van der Waals surface area contributed by atoms with E-state index in [1.807, 2.05) is 29.2 Å². The molecule has 2 aromatic carbocycles. The summed E-state index contributed by atoms with van der Waals surface area (Å²) in [5.41, 5.74) is 3.39. The zero-order valence-electron chi connectivity index (χ0n) is 16.4. The predicted molar refractivity (Wildman–Crippen MR) is 113 cm³/mol. The van der Waals surface area contributed by atoms with Crippen LogP contribution in [0.4, 0.5) is 0 Å². The third kappa shape index (κ3) is 4.52. The summed E-state index contributed by atoms with van der Waals surface area (Å²) >= 11 is 6.15. The van der Waals surface area contributed by atoms with Crippen LogP contribution < -0.4 is 5.32 Å². The van der Waals surface area contributed by atoms with Crippen molar-refractivity contribution in [1.29, 1.82) is 0 Å². The van der Waals surface area contributed by atoms with Crippen LogP contribution >= 0.6 is 11.6 Å². The minimum absolute atomic E-state index is 0.114. The number of halogens is 1. The lowest BCUT2D eigenvalue weighted by Crippen LogP contribution is -2.36. The zero-order chi connectivity index (χ0) is 20.9. The average molecular weight is 424 g/mol. The van der Waals surface area contributed by atoms with Crippen molar-refractivity contribution in [3.63, 3.8) is 0 Å². The van der Waals surface area contributed by atoms with Crippen LogP contribution in [-0.4, -0.2) is 44.8 Å². The molecule has 0 aliphatic carbocycles. The molecule has 0 fully saturated rings. The second kappa shape index (κ2) is 9.09. The number of para-hydroxylation sites is 1. The number of amides is 2. The van der Waals surface area contributed by atoms with E-state index in [0.29, 0.717) is 36.6 Å². The fourth-order valence-corrected chi connectivity index (χ4v) is 3.74. The van der Waals surface area contributed by atoms with Gasteiger partial charge in [0.1, 0.15) is 0 Å². The van der Waals surface area contributed by atoms with Crippen LogP contribution in [-0.2, 0) is 17.8 Å². The standard InChI is InChI=1S/C22H22ClN5O2/c23-18-8-3-4-9-20(18)28-15-19(25-26-28)22(30)24-12-5-10-21(29)27-13-11-16-6-1-2-7-17(16)14-27/h1-4,6-9,15H,5,10-14H2,(H,24,30). The van der Waals surface area contributed by atoms with Crippen LogP contribution in [0, 0.1) is 0 Å². The number of benzene rings is 2. The monoisotopic (exact) mass is 423 g/mol. The van der Waals surface area contributed by atoms with Crippen LogP contribution in [0.3, 0.4) is 0 Å². The number of nitrogens with one attached hydrogen (secondary N) is 1. The summed E-state index contributed by atoms with van der Waals surface area (Å²) in [4.78, 5) is 26.7. The van der Waals surface area contributed by atoms with E-state index in [0.717, 1.165) is 13.0 Å². The van der Waals surface area contributed by atoms with E-state index in [2.05, 4.69) is 27.8 Å². The lowest BCUT2D eigenvalue weighted by molar-refractivity contribution is -0.132. The molecule has 0 atom stereocenters. The van der Waals surface area contributed by atoms with Crippen LogP contribution in [0.25, 0.3) is 5.69 Å². The van der Waals surface area contributed by atoms with E-state index in [1.165, 1.54) is 22.0 Å². The van der Waals surface area contributed by atoms with Gasteiger partial charge < -0.3 is 10.2 Å². The number of hydrogen-bond acceptors (Lipinski definition) is 4. The Morgan fingerprint density at radius 3 is 2.67 bits per heavy atom. The van der Waals surface area contributed by atoms with Gasteiger partial charge in [-0.3, -0.25) is 9.59 Å². The molecular weight excluding hydrogens is 402 g/mol. The Hall–Kier alpha value is -3.19. The Labute approximate surface area is 179 Å². The summed E-state index contributed by atoms with van der Waals surface area (Å²) < 4.78 is 1.47. The van der Waals surface area contributed by atoms with E-state index in [4.69, 9.17) is 11.6 Å². The summed E-state index contributed by atoms with van der Waals surface area (Å²) in [5, 5.41) is 11.2. The third-order valence-corrected chi connectivity index (χ3v) is 5.48. The largest absolute Gasteiger partial charge is 0.351 e. The highest BCUT2D eigenvalue weighted by atomic mass is 35.5. The second-order valence-electron chi connectivity index (χ2n) is 7.19. The van der Waals surface area contributed by atoms with Crippen molar-refractivity contribution in [2.45, 2.75) is 25.8 Å². The van der Waals surface area contributed by atoms with Crippen molar-refractivity contribution in [3.05, 3.63) is 76.6 Å². The van der Waals surface area contributed by atoms with Gasteiger partial charge in [-0.2, -0.15) is 0 Å². The van der Waals surface area contributed by atoms with Gasteiger partial charge in [-0.15, -0.1) is 5.10 Å². The van der Waals surface area contributed by atoms with Crippen molar-refractivity contribution in [3.8, 4) is 5.69 Å². The fourth-order valence-electron chi connectivity index (χ4n) is 3.52. The van der Waals surface area contributed by atoms with Gasteiger partial charge in [0, 0.05) is 26.1 Å². The molecule has 0 spiro atoms. The summed E-state index contributed by atoms with van der Waals surface area (Å²) in [5.74, 6) is -0.212. The summed E-state index contributed by atoms with van der Waals surface area (Å²) in [6.45, 7) is 1.80. The summed E-state index contributed by atoms with van der Waals surface area (Å²) in [6, 6.07) is 15.4. The highest BCUT2D eigenvalue weighted by Crippen LogP contribution is 2.20. The molecule has 4 rings (SSSR count). The van der Waals surface area contributed by atoms with Crippen LogP contribution in [0.2, 0.25) is 5.02 Å². The number of fused-ring (bicyclic) bond motifs is 1. The van der Waals surface area contributed by atoms with Gasteiger partial charge >= 0.3 is 0 Å². The quantitative estimate of drug-likeness (QED) is 0.618. The van der Waals surface area contributed by atoms with Crippen LogP contribution in [0.15, 0.2) is 54.7 Å². The van der Waals surface area contributed by atoms with Gasteiger partial charge in [0.05, 0.1) is 16.9 Å². The van der Waals surface area contributed by atoms with E-state index in [9.17, 15) is 9.59 Å². The lowest BCUT2D eigenvalue weighted by atomic mass is 9.99. The van der Waals surface area contributed by atoms with E-state index < -0.39 is 0 Å². The first-order valence-electron chi connectivity index (χ1n) is 9.92. The zero-order valence-corrected chi connectivity index (χ0v) is 17.2. The first kappa shape index (κ1) is 20.1. The van der Waals surface area contributed by atoms with E-state index in [-0.39, 0.29) is 17.5 Å². The molecule has 0 bridgehead atoms. The third-order valence-electron chi connectivity index (χ3n) is 5.16. The molecule has 154 valence electrons. The highest BCUT2D eigenvalue weighted by molar-refractivity contribution is 6.32. The predicted octanol–water partition coefficient (Wildman–Crippen LogP) is 3.02. The molecule has 8 heteroatoms. The van der Waals surface area contributed by atoms with Gasteiger partial charge in [-0.25, -0.2) is 4.68 Å². The molecule has 1 aliphatic heterocycles. The van der Waals surface area contributed by atoms with Crippen LogP contribution in [0.1, 0.15) is 34.5 Å². The smallest absolute Gasteiger partial charge is 0.273 e. The second-order valence-corrected chi connectivity index (χ2v) is 7.60. The Morgan fingerprint density at radius 2 is 1.83 bits per heavy atom. The molecule has 2 amide bonds. The molecule has 0 saturated heterocycles. The van der Waals surface area contributed by atoms with Crippen molar-refractivity contribution >= 4 is 23.4 Å². The van der Waals surface area contributed by atoms with Crippen molar-refractivity contribution < 1.29 is 9.59 Å². The molecule has 0 unspecified atom stereocenters. The average Bonchev–Trinajstić information content (AvgIpc) is 3.26. The Kier molecular flexibility index (Phi) is 6.09.